The number of carbonyl (C=O) groups is 1. The van der Waals surface area contributed by atoms with Crippen molar-refractivity contribution in [1.82, 2.24) is 0 Å². The molecule has 2 rings (SSSR count). The molecule has 3 nitrogen and oxygen atoms in total. The lowest BCUT2D eigenvalue weighted by atomic mass is 10.1. The molecule has 2 unspecified atom stereocenters. The maximum atomic E-state index is 11.4. The van der Waals surface area contributed by atoms with Gasteiger partial charge in [0, 0.05) is 5.25 Å². The smallest absolute Gasteiger partial charge is 0.306 e. The molecule has 2 aliphatic rings. The molecule has 104 valence electrons. The van der Waals surface area contributed by atoms with E-state index in [4.69, 9.17) is 4.74 Å². The minimum atomic E-state index is -0.147. The first kappa shape index (κ1) is 14.2. The fourth-order valence-electron chi connectivity index (χ4n) is 2.66. The summed E-state index contributed by atoms with van der Waals surface area (Å²) in [6.07, 6.45) is 8.40. The van der Waals surface area contributed by atoms with Crippen molar-refractivity contribution < 1.29 is 14.6 Å². The minimum absolute atomic E-state index is 0.0884. The zero-order valence-corrected chi connectivity index (χ0v) is 12.0. The SMILES string of the molecule is COC(=O)CC1(CSC2CCCCCC2O)CC1. The molecule has 18 heavy (non-hydrogen) atoms. The van der Waals surface area contributed by atoms with Crippen molar-refractivity contribution in [3.8, 4) is 0 Å². The van der Waals surface area contributed by atoms with Gasteiger partial charge in [-0.15, -0.1) is 0 Å². The van der Waals surface area contributed by atoms with Crippen LogP contribution in [0.15, 0.2) is 0 Å². The molecule has 0 radical (unpaired) electrons. The molecule has 0 aliphatic heterocycles. The van der Waals surface area contributed by atoms with E-state index in [0.29, 0.717) is 11.7 Å². The van der Waals surface area contributed by atoms with Gasteiger partial charge in [-0.05, 0) is 36.9 Å². The molecule has 4 heteroatoms. The lowest BCUT2D eigenvalue weighted by molar-refractivity contribution is -0.141. The van der Waals surface area contributed by atoms with E-state index in [1.165, 1.54) is 20.0 Å². The predicted molar refractivity (Wildman–Crippen MR) is 73.6 cm³/mol. The van der Waals surface area contributed by atoms with Crippen molar-refractivity contribution in [2.45, 2.75) is 62.7 Å². The van der Waals surface area contributed by atoms with Gasteiger partial charge in [-0.2, -0.15) is 11.8 Å². The van der Waals surface area contributed by atoms with Crippen LogP contribution in [-0.2, 0) is 9.53 Å². The number of thioether (sulfide) groups is 1. The molecule has 0 aromatic heterocycles. The summed E-state index contributed by atoms with van der Waals surface area (Å²) >= 11 is 1.88. The van der Waals surface area contributed by atoms with E-state index in [0.717, 1.165) is 37.9 Å². The fourth-order valence-corrected chi connectivity index (χ4v) is 4.31. The molecular weight excluding hydrogens is 248 g/mol. The van der Waals surface area contributed by atoms with Gasteiger partial charge in [0.1, 0.15) is 0 Å². The molecule has 0 heterocycles. The highest BCUT2D eigenvalue weighted by molar-refractivity contribution is 8.00. The number of methoxy groups -OCH3 is 1. The number of aliphatic hydroxyl groups excluding tert-OH is 1. The summed E-state index contributed by atoms with van der Waals surface area (Å²) < 4.78 is 4.76. The summed E-state index contributed by atoms with van der Waals surface area (Å²) in [5.74, 6) is 0.915. The number of esters is 1. The van der Waals surface area contributed by atoms with E-state index >= 15 is 0 Å². The number of hydrogen-bond donors (Lipinski definition) is 1. The largest absolute Gasteiger partial charge is 0.469 e. The second kappa shape index (κ2) is 6.29. The molecule has 2 aliphatic carbocycles. The Bertz CT molecular complexity index is 289. The summed E-state index contributed by atoms with van der Waals surface area (Å²) in [6, 6.07) is 0. The predicted octanol–water partition coefficient (Wildman–Crippen LogP) is 2.76. The molecule has 2 fully saturated rings. The summed E-state index contributed by atoms with van der Waals surface area (Å²) in [5, 5.41) is 10.5. The van der Waals surface area contributed by atoms with Gasteiger partial charge < -0.3 is 9.84 Å². The third-order valence-corrected chi connectivity index (χ3v) is 5.98. The van der Waals surface area contributed by atoms with Crippen molar-refractivity contribution in [1.29, 1.82) is 0 Å². The fraction of sp³-hybridized carbons (Fsp3) is 0.929. The molecule has 1 N–H and O–H groups in total. The van der Waals surface area contributed by atoms with E-state index < -0.39 is 0 Å². The van der Waals surface area contributed by atoms with Crippen LogP contribution >= 0.6 is 11.8 Å². The topological polar surface area (TPSA) is 46.5 Å². The summed E-state index contributed by atoms with van der Waals surface area (Å²) in [5.41, 5.74) is 0.184. The van der Waals surface area contributed by atoms with Gasteiger partial charge >= 0.3 is 5.97 Å². The highest BCUT2D eigenvalue weighted by Crippen LogP contribution is 2.52. The summed E-state index contributed by atoms with van der Waals surface area (Å²) in [4.78, 5) is 11.4. The Labute approximate surface area is 114 Å². The molecule has 0 bridgehead atoms. The third-order valence-electron chi connectivity index (χ3n) is 4.23. The van der Waals surface area contributed by atoms with Crippen molar-refractivity contribution in [3.05, 3.63) is 0 Å². The standard InChI is InChI=1S/C14H24O3S/c1-17-13(16)9-14(7-8-14)10-18-12-6-4-2-3-5-11(12)15/h11-12,15H,2-10H2,1H3. The number of aliphatic hydroxyl groups is 1. The second-order valence-electron chi connectivity index (χ2n) is 5.81. The van der Waals surface area contributed by atoms with Crippen molar-refractivity contribution in [3.63, 3.8) is 0 Å². The average molecular weight is 272 g/mol. The number of carbonyl (C=O) groups excluding carboxylic acids is 1. The quantitative estimate of drug-likeness (QED) is 0.617. The highest BCUT2D eigenvalue weighted by atomic mass is 32.2. The first-order valence-corrected chi connectivity index (χ1v) is 8.07. The zero-order valence-electron chi connectivity index (χ0n) is 11.2. The number of hydrogen-bond acceptors (Lipinski definition) is 4. The van der Waals surface area contributed by atoms with E-state index in [9.17, 15) is 9.90 Å². The average Bonchev–Trinajstić information content (AvgIpc) is 3.13. The van der Waals surface area contributed by atoms with Crippen molar-refractivity contribution in [2.75, 3.05) is 12.9 Å². The van der Waals surface area contributed by atoms with Gasteiger partial charge in [0.2, 0.25) is 0 Å². The van der Waals surface area contributed by atoms with E-state index in [2.05, 4.69) is 0 Å². The lowest BCUT2D eigenvalue weighted by Crippen LogP contribution is -2.24. The van der Waals surface area contributed by atoms with Gasteiger partial charge in [-0.25, -0.2) is 0 Å². The first-order valence-electron chi connectivity index (χ1n) is 7.02. The molecule has 0 spiro atoms. The summed E-state index contributed by atoms with van der Waals surface area (Å²) in [7, 11) is 1.46. The van der Waals surface area contributed by atoms with E-state index in [1.807, 2.05) is 11.8 Å². The van der Waals surface area contributed by atoms with Crippen molar-refractivity contribution in [2.24, 2.45) is 5.41 Å². The van der Waals surface area contributed by atoms with Crippen LogP contribution in [0.4, 0.5) is 0 Å². The van der Waals surface area contributed by atoms with Crippen LogP contribution in [0, 0.1) is 5.41 Å². The van der Waals surface area contributed by atoms with Gasteiger partial charge in [0.05, 0.1) is 19.6 Å². The maximum absolute atomic E-state index is 11.4. The molecule has 0 saturated heterocycles. The Morgan fingerprint density at radius 2 is 2.06 bits per heavy atom. The van der Waals surface area contributed by atoms with E-state index in [-0.39, 0.29) is 17.5 Å². The van der Waals surface area contributed by atoms with Gasteiger partial charge in [0.15, 0.2) is 0 Å². The Balaban J connectivity index is 1.77. The zero-order chi connectivity index (χ0) is 13.0. The highest BCUT2D eigenvalue weighted by Gasteiger charge is 2.45. The van der Waals surface area contributed by atoms with Crippen LogP contribution in [-0.4, -0.2) is 35.3 Å². The van der Waals surface area contributed by atoms with Crippen molar-refractivity contribution >= 4 is 17.7 Å². The van der Waals surface area contributed by atoms with Crippen LogP contribution in [0.5, 0.6) is 0 Å². The molecule has 2 saturated carbocycles. The second-order valence-corrected chi connectivity index (χ2v) is 7.04. The first-order chi connectivity index (χ1) is 8.65. The molecule has 2 atom stereocenters. The molecular formula is C14H24O3S. The van der Waals surface area contributed by atoms with Crippen LogP contribution in [0.2, 0.25) is 0 Å². The third kappa shape index (κ3) is 3.89. The molecule has 0 amide bonds. The monoisotopic (exact) mass is 272 g/mol. The Morgan fingerprint density at radius 3 is 2.72 bits per heavy atom. The van der Waals surface area contributed by atoms with E-state index in [1.54, 1.807) is 0 Å². The van der Waals surface area contributed by atoms with Gasteiger partial charge in [-0.3, -0.25) is 4.79 Å². The normalized spacial score (nSPS) is 30.6. The van der Waals surface area contributed by atoms with Gasteiger partial charge in [0.25, 0.3) is 0 Å². The number of rotatable bonds is 5. The Hall–Kier alpha value is -0.220. The number of ether oxygens (including phenoxy) is 1. The van der Waals surface area contributed by atoms with Crippen LogP contribution in [0.1, 0.15) is 51.4 Å². The Kier molecular flexibility index (Phi) is 4.96. The van der Waals surface area contributed by atoms with Crippen LogP contribution in [0.3, 0.4) is 0 Å². The minimum Gasteiger partial charge on any atom is -0.469 e. The van der Waals surface area contributed by atoms with Gasteiger partial charge in [-0.1, -0.05) is 19.3 Å². The lowest BCUT2D eigenvalue weighted by Gasteiger charge is -2.22. The molecule has 0 aromatic rings. The maximum Gasteiger partial charge on any atom is 0.306 e. The van der Waals surface area contributed by atoms with Crippen LogP contribution < -0.4 is 0 Å². The van der Waals surface area contributed by atoms with Crippen LogP contribution in [0.25, 0.3) is 0 Å². The summed E-state index contributed by atoms with van der Waals surface area (Å²) in [6.45, 7) is 0. The molecule has 0 aromatic carbocycles. The Morgan fingerprint density at radius 1 is 1.33 bits per heavy atom.